The Labute approximate surface area is 94.9 Å². The van der Waals surface area contributed by atoms with Gasteiger partial charge in [-0.3, -0.25) is 9.78 Å². The van der Waals surface area contributed by atoms with E-state index < -0.39 is 6.10 Å². The zero-order valence-electron chi connectivity index (χ0n) is 9.60. The Morgan fingerprint density at radius 3 is 2.81 bits per heavy atom. The Hall–Kier alpha value is -1.49. The third-order valence-electron chi connectivity index (χ3n) is 2.13. The molecule has 16 heavy (non-hydrogen) atoms. The molecule has 0 aliphatic rings. The van der Waals surface area contributed by atoms with Gasteiger partial charge in [0.25, 0.3) is 5.91 Å². The van der Waals surface area contributed by atoms with E-state index in [-0.39, 0.29) is 18.1 Å². The van der Waals surface area contributed by atoms with Crippen molar-refractivity contribution >= 4 is 5.91 Å². The van der Waals surface area contributed by atoms with Crippen molar-refractivity contribution in [3.8, 4) is 0 Å². The van der Waals surface area contributed by atoms with Crippen LogP contribution < -0.4 is 5.32 Å². The van der Waals surface area contributed by atoms with Crippen molar-refractivity contribution in [2.24, 2.45) is 0 Å². The Morgan fingerprint density at radius 1 is 1.50 bits per heavy atom. The van der Waals surface area contributed by atoms with Crippen LogP contribution in [0.3, 0.4) is 0 Å². The van der Waals surface area contributed by atoms with E-state index in [9.17, 15) is 9.90 Å². The summed E-state index contributed by atoms with van der Waals surface area (Å²) in [5.74, 6) is -0.303. The van der Waals surface area contributed by atoms with Gasteiger partial charge in [-0.15, -0.1) is 0 Å². The molecule has 1 rings (SSSR count). The van der Waals surface area contributed by atoms with Crippen LogP contribution in [0.5, 0.6) is 0 Å². The summed E-state index contributed by atoms with van der Waals surface area (Å²) in [6.45, 7) is 4.04. The molecule has 1 aromatic rings. The number of nitrogens with zero attached hydrogens (tertiary/aromatic N) is 2. The van der Waals surface area contributed by atoms with Crippen molar-refractivity contribution in [2.45, 2.75) is 32.8 Å². The summed E-state index contributed by atoms with van der Waals surface area (Å²) < 4.78 is 0. The first-order valence-electron chi connectivity index (χ1n) is 5.38. The van der Waals surface area contributed by atoms with Gasteiger partial charge in [-0.05, 0) is 13.3 Å². The minimum atomic E-state index is -0.493. The molecule has 0 saturated heterocycles. The highest BCUT2D eigenvalue weighted by Gasteiger charge is 2.09. The molecular weight excluding hydrogens is 206 g/mol. The highest BCUT2D eigenvalue weighted by Crippen LogP contribution is 1.96. The van der Waals surface area contributed by atoms with Gasteiger partial charge >= 0.3 is 0 Å². The van der Waals surface area contributed by atoms with Crippen molar-refractivity contribution in [1.82, 2.24) is 15.3 Å². The maximum atomic E-state index is 11.5. The van der Waals surface area contributed by atoms with Gasteiger partial charge < -0.3 is 10.4 Å². The van der Waals surface area contributed by atoms with Gasteiger partial charge in [0.1, 0.15) is 5.69 Å². The highest BCUT2D eigenvalue weighted by atomic mass is 16.3. The van der Waals surface area contributed by atoms with Gasteiger partial charge in [-0.2, -0.15) is 0 Å². The lowest BCUT2D eigenvalue weighted by atomic mass is 10.2. The number of aromatic nitrogens is 2. The molecule has 1 atom stereocenters. The molecule has 0 aliphatic heterocycles. The van der Waals surface area contributed by atoms with Gasteiger partial charge in [0.05, 0.1) is 18.0 Å². The average Bonchev–Trinajstić information content (AvgIpc) is 2.27. The van der Waals surface area contributed by atoms with E-state index in [1.54, 1.807) is 6.92 Å². The fourth-order valence-electron chi connectivity index (χ4n) is 1.25. The molecule has 2 N–H and O–H groups in total. The standard InChI is InChI=1S/C11H17N3O2/c1-3-4-9(15)6-14-11(16)10-7-12-8(2)5-13-10/h5,7,9,15H,3-4,6H2,1-2H3,(H,14,16). The van der Waals surface area contributed by atoms with E-state index in [4.69, 9.17) is 0 Å². The fourth-order valence-corrected chi connectivity index (χ4v) is 1.25. The molecule has 0 bridgehead atoms. The van der Waals surface area contributed by atoms with Crippen molar-refractivity contribution in [1.29, 1.82) is 0 Å². The Bertz CT molecular complexity index is 338. The molecule has 0 aromatic carbocycles. The first-order chi connectivity index (χ1) is 7.63. The molecule has 0 radical (unpaired) electrons. The number of carbonyl (C=O) groups excluding carboxylic acids is 1. The van der Waals surface area contributed by atoms with Crippen LogP contribution in [-0.2, 0) is 0 Å². The number of amides is 1. The zero-order chi connectivity index (χ0) is 12.0. The second kappa shape index (κ2) is 6.17. The summed E-state index contributed by atoms with van der Waals surface area (Å²) in [6, 6.07) is 0. The smallest absolute Gasteiger partial charge is 0.271 e. The molecule has 5 nitrogen and oxygen atoms in total. The summed E-state index contributed by atoms with van der Waals surface area (Å²) >= 11 is 0. The zero-order valence-corrected chi connectivity index (χ0v) is 9.60. The molecule has 88 valence electrons. The van der Waals surface area contributed by atoms with E-state index >= 15 is 0 Å². The summed E-state index contributed by atoms with van der Waals surface area (Å²) in [5, 5.41) is 12.0. The number of carbonyl (C=O) groups is 1. The lowest BCUT2D eigenvalue weighted by Gasteiger charge is -2.10. The van der Waals surface area contributed by atoms with Crippen molar-refractivity contribution in [2.75, 3.05) is 6.54 Å². The third-order valence-corrected chi connectivity index (χ3v) is 2.13. The quantitative estimate of drug-likeness (QED) is 0.769. The van der Waals surface area contributed by atoms with Crippen LogP contribution in [0.4, 0.5) is 0 Å². The second-order valence-electron chi connectivity index (χ2n) is 3.70. The maximum Gasteiger partial charge on any atom is 0.271 e. The summed E-state index contributed by atoms with van der Waals surface area (Å²) in [4.78, 5) is 19.5. The van der Waals surface area contributed by atoms with Gasteiger partial charge in [0, 0.05) is 12.7 Å². The van der Waals surface area contributed by atoms with Gasteiger partial charge in [-0.25, -0.2) is 4.98 Å². The Kier molecular flexibility index (Phi) is 4.85. The van der Waals surface area contributed by atoms with Gasteiger partial charge in [-0.1, -0.05) is 13.3 Å². The molecular formula is C11H17N3O2. The lowest BCUT2D eigenvalue weighted by Crippen LogP contribution is -2.32. The third kappa shape index (κ3) is 3.94. The van der Waals surface area contributed by atoms with Crippen molar-refractivity contribution in [3.63, 3.8) is 0 Å². The number of nitrogens with one attached hydrogen (secondary N) is 1. The topological polar surface area (TPSA) is 75.1 Å². The van der Waals surface area contributed by atoms with E-state index in [1.165, 1.54) is 12.4 Å². The summed E-state index contributed by atoms with van der Waals surface area (Å²) in [6.07, 6.45) is 4.04. The average molecular weight is 223 g/mol. The van der Waals surface area contributed by atoms with Crippen LogP contribution in [0.1, 0.15) is 35.9 Å². The van der Waals surface area contributed by atoms with Crippen LogP contribution in [0.15, 0.2) is 12.4 Å². The summed E-state index contributed by atoms with van der Waals surface area (Å²) in [7, 11) is 0. The Balaban J connectivity index is 2.43. The maximum absolute atomic E-state index is 11.5. The minimum Gasteiger partial charge on any atom is -0.391 e. The number of aliphatic hydroxyl groups excluding tert-OH is 1. The first kappa shape index (κ1) is 12.6. The molecule has 1 aromatic heterocycles. The largest absolute Gasteiger partial charge is 0.391 e. The number of aryl methyl sites for hydroxylation is 1. The molecule has 1 heterocycles. The SMILES string of the molecule is CCCC(O)CNC(=O)c1cnc(C)cn1. The highest BCUT2D eigenvalue weighted by molar-refractivity contribution is 5.91. The van der Waals surface area contributed by atoms with Crippen molar-refractivity contribution in [3.05, 3.63) is 23.8 Å². The van der Waals surface area contributed by atoms with Crippen molar-refractivity contribution < 1.29 is 9.90 Å². The first-order valence-corrected chi connectivity index (χ1v) is 5.38. The predicted molar refractivity (Wildman–Crippen MR) is 60.0 cm³/mol. The van der Waals surface area contributed by atoms with Crippen LogP contribution in [0.25, 0.3) is 0 Å². The fraction of sp³-hybridized carbons (Fsp3) is 0.545. The van der Waals surface area contributed by atoms with Crippen LogP contribution >= 0.6 is 0 Å². The minimum absolute atomic E-state index is 0.252. The summed E-state index contributed by atoms with van der Waals surface area (Å²) in [5.41, 5.74) is 1.04. The number of hydrogen-bond acceptors (Lipinski definition) is 4. The van der Waals surface area contributed by atoms with Gasteiger partial charge in [0.2, 0.25) is 0 Å². The van der Waals surface area contributed by atoms with E-state index in [1.807, 2.05) is 6.92 Å². The van der Waals surface area contributed by atoms with E-state index in [0.29, 0.717) is 6.42 Å². The predicted octanol–water partition coefficient (Wildman–Crippen LogP) is 0.676. The Morgan fingerprint density at radius 2 is 2.25 bits per heavy atom. The molecule has 0 spiro atoms. The second-order valence-corrected chi connectivity index (χ2v) is 3.70. The van der Waals surface area contributed by atoms with E-state index in [2.05, 4.69) is 15.3 Å². The molecule has 5 heteroatoms. The normalized spacial score (nSPS) is 12.2. The molecule has 0 fully saturated rings. The van der Waals surface area contributed by atoms with Crippen LogP contribution in [0.2, 0.25) is 0 Å². The molecule has 0 saturated carbocycles. The van der Waals surface area contributed by atoms with Crippen LogP contribution in [-0.4, -0.2) is 33.6 Å². The van der Waals surface area contributed by atoms with E-state index in [0.717, 1.165) is 12.1 Å². The lowest BCUT2D eigenvalue weighted by molar-refractivity contribution is 0.0905. The molecule has 1 unspecified atom stereocenters. The molecule has 1 amide bonds. The number of rotatable bonds is 5. The molecule has 0 aliphatic carbocycles. The number of hydrogen-bond donors (Lipinski definition) is 2. The van der Waals surface area contributed by atoms with Gasteiger partial charge in [0.15, 0.2) is 0 Å². The number of aliphatic hydroxyl groups is 1. The van der Waals surface area contributed by atoms with Crippen LogP contribution in [0, 0.1) is 6.92 Å². The monoisotopic (exact) mass is 223 g/mol.